The Morgan fingerprint density at radius 1 is 0.579 bits per heavy atom. The molecule has 0 amide bonds. The van der Waals surface area contributed by atoms with E-state index in [0.29, 0.717) is 0 Å². The molecular formula is C6H2F12O. The van der Waals surface area contributed by atoms with E-state index in [-0.39, 0.29) is 0 Å². The molecule has 19 heavy (non-hydrogen) atoms. The molecule has 0 heterocycles. The molecule has 13 heteroatoms. The van der Waals surface area contributed by atoms with Gasteiger partial charge in [-0.3, -0.25) is 4.74 Å². The fourth-order valence-electron chi connectivity index (χ4n) is 0.847. The second kappa shape index (κ2) is 4.59. The maximum Gasteiger partial charge on any atom is 0.522 e. The Morgan fingerprint density at radius 2 is 0.895 bits per heavy atom. The first-order chi connectivity index (χ1) is 7.96. The monoisotopic (exact) mass is 318 g/mol. The van der Waals surface area contributed by atoms with Crippen molar-refractivity contribution in [3.8, 4) is 0 Å². The zero-order valence-corrected chi connectivity index (χ0v) is 8.15. The lowest BCUT2D eigenvalue weighted by Crippen LogP contribution is -2.66. The average molecular weight is 318 g/mol. The van der Waals surface area contributed by atoms with Crippen molar-refractivity contribution in [1.82, 2.24) is 0 Å². The minimum atomic E-state index is -7.19. The lowest BCUT2D eigenvalue weighted by atomic mass is 9.96. The Balaban J connectivity index is 5.52. The third kappa shape index (κ3) is 3.57. The lowest BCUT2D eigenvalue weighted by molar-refractivity contribution is -0.418. The molecule has 0 aromatic rings. The van der Waals surface area contributed by atoms with E-state index >= 15 is 0 Å². The summed E-state index contributed by atoms with van der Waals surface area (Å²) < 4.78 is 145. The summed E-state index contributed by atoms with van der Waals surface area (Å²) in [5.74, 6) is -6.53. The molecular weight excluding hydrogens is 316 g/mol. The summed E-state index contributed by atoms with van der Waals surface area (Å²) in [6.07, 6.45) is -20.3. The number of halogens is 12. The van der Waals surface area contributed by atoms with Crippen molar-refractivity contribution in [2.75, 3.05) is 6.61 Å². The second-order valence-corrected chi connectivity index (χ2v) is 3.09. The molecule has 0 radical (unpaired) electrons. The minimum Gasteiger partial charge on any atom is -0.285 e. The molecule has 1 nitrogen and oxygen atoms in total. The van der Waals surface area contributed by atoms with E-state index in [2.05, 4.69) is 4.74 Å². The van der Waals surface area contributed by atoms with Crippen LogP contribution in [0, 0.1) is 0 Å². The van der Waals surface area contributed by atoms with Crippen LogP contribution in [-0.2, 0) is 4.74 Å². The van der Waals surface area contributed by atoms with Crippen molar-refractivity contribution in [1.29, 1.82) is 0 Å². The van der Waals surface area contributed by atoms with Gasteiger partial charge in [0.15, 0.2) is 0 Å². The van der Waals surface area contributed by atoms with Gasteiger partial charge in [0.25, 0.3) is 0 Å². The molecule has 0 bridgehead atoms. The van der Waals surface area contributed by atoms with Gasteiger partial charge in [-0.25, -0.2) is 4.39 Å². The molecule has 0 fully saturated rings. The molecule has 0 unspecified atom stereocenters. The molecule has 0 spiro atoms. The Bertz CT molecular complexity index is 294. The highest BCUT2D eigenvalue weighted by Crippen LogP contribution is 2.54. The van der Waals surface area contributed by atoms with Crippen LogP contribution in [0.2, 0.25) is 0 Å². The van der Waals surface area contributed by atoms with Crippen molar-refractivity contribution >= 4 is 0 Å². The summed E-state index contributed by atoms with van der Waals surface area (Å²) in [5.41, 5.74) is -7.17. The summed E-state index contributed by atoms with van der Waals surface area (Å²) in [4.78, 5) is 0. The topological polar surface area (TPSA) is 9.23 Å². The molecule has 0 N–H and O–H groups in total. The first-order valence-corrected chi connectivity index (χ1v) is 3.86. The van der Waals surface area contributed by atoms with Gasteiger partial charge < -0.3 is 0 Å². The fourth-order valence-corrected chi connectivity index (χ4v) is 0.847. The summed E-state index contributed by atoms with van der Waals surface area (Å²) in [7, 11) is 0. The Kier molecular flexibility index (Phi) is 4.38. The summed E-state index contributed by atoms with van der Waals surface area (Å²) in [6.45, 7) is -3.48. The van der Waals surface area contributed by atoms with Crippen LogP contribution in [0.5, 0.6) is 0 Å². The van der Waals surface area contributed by atoms with Crippen LogP contribution in [0.3, 0.4) is 0 Å². The highest BCUT2D eigenvalue weighted by molar-refractivity contribution is 5.05. The zero-order valence-electron chi connectivity index (χ0n) is 8.15. The van der Waals surface area contributed by atoms with Gasteiger partial charge in [-0.1, -0.05) is 0 Å². The van der Waals surface area contributed by atoms with Gasteiger partial charge in [0.1, 0.15) is 6.61 Å². The average Bonchev–Trinajstić information content (AvgIpc) is 2.08. The molecule has 0 aliphatic rings. The van der Waals surface area contributed by atoms with Gasteiger partial charge in [-0.05, 0) is 0 Å². The van der Waals surface area contributed by atoms with Crippen molar-refractivity contribution in [3.05, 3.63) is 0 Å². The highest BCUT2D eigenvalue weighted by atomic mass is 19.4. The standard InChI is InChI=1S/C6H2F12O/c7-2(8,1-19-6(16,17)18)3(9,4(10,11)12)5(13,14)15/h1H2. The van der Waals surface area contributed by atoms with Crippen molar-refractivity contribution in [3.63, 3.8) is 0 Å². The van der Waals surface area contributed by atoms with E-state index in [0.717, 1.165) is 0 Å². The zero-order chi connectivity index (χ0) is 15.9. The van der Waals surface area contributed by atoms with E-state index in [4.69, 9.17) is 0 Å². The summed E-state index contributed by atoms with van der Waals surface area (Å²) in [5, 5.41) is 0. The Hall–Kier alpha value is -0.880. The maximum atomic E-state index is 12.7. The minimum absolute atomic E-state index is 2.14. The SMILES string of the molecule is FC(F)(F)OCC(F)(F)C(F)(C(F)(F)F)C(F)(F)F. The predicted octanol–water partition coefficient (Wildman–Crippen LogP) is 3.99. The molecule has 0 rings (SSSR count). The second-order valence-electron chi connectivity index (χ2n) is 3.09. The summed E-state index contributed by atoms with van der Waals surface area (Å²) >= 11 is 0. The van der Waals surface area contributed by atoms with Crippen LogP contribution in [0.1, 0.15) is 0 Å². The normalized spacial score (nSPS) is 15.8. The van der Waals surface area contributed by atoms with Crippen molar-refractivity contribution in [2.24, 2.45) is 0 Å². The van der Waals surface area contributed by atoms with E-state index in [1.807, 2.05) is 0 Å². The first-order valence-electron chi connectivity index (χ1n) is 3.86. The number of rotatable bonds is 3. The van der Waals surface area contributed by atoms with Crippen LogP contribution < -0.4 is 0 Å². The van der Waals surface area contributed by atoms with Gasteiger partial charge in [0, 0.05) is 0 Å². The van der Waals surface area contributed by atoms with Crippen LogP contribution in [0.25, 0.3) is 0 Å². The number of hydrogen-bond donors (Lipinski definition) is 0. The molecule has 0 aromatic carbocycles. The van der Waals surface area contributed by atoms with E-state index < -0.39 is 36.9 Å². The molecule has 0 aromatic heterocycles. The highest BCUT2D eigenvalue weighted by Gasteiger charge is 2.84. The predicted molar refractivity (Wildman–Crippen MR) is 32.9 cm³/mol. The van der Waals surface area contributed by atoms with Gasteiger partial charge in [0.05, 0.1) is 0 Å². The van der Waals surface area contributed by atoms with Gasteiger partial charge >= 0.3 is 30.3 Å². The number of alkyl halides is 12. The van der Waals surface area contributed by atoms with Crippen LogP contribution in [-0.4, -0.2) is 36.9 Å². The van der Waals surface area contributed by atoms with Crippen LogP contribution >= 0.6 is 0 Å². The molecule has 0 atom stereocenters. The summed E-state index contributed by atoms with van der Waals surface area (Å²) in [6, 6.07) is 0. The molecule has 0 aliphatic carbocycles. The molecule has 0 saturated carbocycles. The Morgan fingerprint density at radius 3 is 1.11 bits per heavy atom. The van der Waals surface area contributed by atoms with Crippen molar-refractivity contribution in [2.45, 2.75) is 30.3 Å². The number of ether oxygens (including phenoxy) is 1. The number of hydrogen-bond acceptors (Lipinski definition) is 1. The third-order valence-corrected chi connectivity index (χ3v) is 1.70. The van der Waals surface area contributed by atoms with Crippen molar-refractivity contribution < 1.29 is 57.4 Å². The fraction of sp³-hybridized carbons (Fsp3) is 1.00. The largest absolute Gasteiger partial charge is 0.522 e. The molecule has 0 aliphatic heterocycles. The molecule has 0 saturated heterocycles. The van der Waals surface area contributed by atoms with Gasteiger partial charge in [0.2, 0.25) is 0 Å². The first kappa shape index (κ1) is 18.1. The third-order valence-electron chi connectivity index (χ3n) is 1.70. The maximum absolute atomic E-state index is 12.7. The van der Waals surface area contributed by atoms with Crippen LogP contribution in [0.4, 0.5) is 52.7 Å². The lowest BCUT2D eigenvalue weighted by Gasteiger charge is -2.35. The van der Waals surface area contributed by atoms with Gasteiger partial charge in [-0.2, -0.15) is 35.1 Å². The smallest absolute Gasteiger partial charge is 0.285 e. The van der Waals surface area contributed by atoms with E-state index in [1.165, 1.54) is 0 Å². The Labute approximate surface area is 95.7 Å². The van der Waals surface area contributed by atoms with Gasteiger partial charge in [-0.15, -0.1) is 13.2 Å². The quantitative estimate of drug-likeness (QED) is 0.715. The van der Waals surface area contributed by atoms with E-state index in [9.17, 15) is 52.7 Å². The van der Waals surface area contributed by atoms with Crippen LogP contribution in [0.15, 0.2) is 0 Å². The molecule has 116 valence electrons. The van der Waals surface area contributed by atoms with E-state index in [1.54, 1.807) is 0 Å².